The second-order valence-electron chi connectivity index (χ2n) is 7.73. The molecule has 0 spiro atoms. The Morgan fingerprint density at radius 1 is 1.33 bits per heavy atom. The largest absolute Gasteiger partial charge is 0.465 e. The number of hydrogen-bond donors (Lipinski definition) is 3. The lowest BCUT2D eigenvalue weighted by atomic mass is 9.74. The molecule has 3 heterocycles. The van der Waals surface area contributed by atoms with Crippen molar-refractivity contribution in [3.8, 4) is 6.07 Å². The predicted octanol–water partition coefficient (Wildman–Crippen LogP) is 3.34. The van der Waals surface area contributed by atoms with Gasteiger partial charge < -0.3 is 15.2 Å². The molecule has 11 heteroatoms. The fourth-order valence-electron chi connectivity index (χ4n) is 4.20. The van der Waals surface area contributed by atoms with E-state index in [2.05, 4.69) is 20.6 Å². The molecule has 3 atom stereocenters. The number of anilines is 1. The van der Waals surface area contributed by atoms with Crippen LogP contribution in [0, 0.1) is 23.1 Å². The van der Waals surface area contributed by atoms with Crippen LogP contribution in [0.1, 0.15) is 35.0 Å². The average molecular weight is 469 g/mol. The van der Waals surface area contributed by atoms with Crippen molar-refractivity contribution in [1.29, 1.82) is 5.26 Å². The zero-order valence-corrected chi connectivity index (χ0v) is 18.4. The number of fused-ring (bicyclic) bond motifs is 1. The lowest BCUT2D eigenvalue weighted by Gasteiger charge is -2.47. The Bertz CT molecular complexity index is 1170. The number of nitriles is 1. The van der Waals surface area contributed by atoms with Gasteiger partial charge >= 0.3 is 6.09 Å². The number of amides is 2. The van der Waals surface area contributed by atoms with Gasteiger partial charge in [0.2, 0.25) is 0 Å². The lowest BCUT2D eigenvalue weighted by molar-refractivity contribution is -0.00429. The fourth-order valence-corrected chi connectivity index (χ4v) is 5.44. The number of halogens is 1. The molecule has 9 nitrogen and oxygen atoms in total. The van der Waals surface area contributed by atoms with E-state index in [4.69, 9.17) is 15.1 Å². The summed E-state index contributed by atoms with van der Waals surface area (Å²) in [6.45, 7) is 2.53. The maximum atomic E-state index is 15.2. The Balaban J connectivity index is 1.71. The van der Waals surface area contributed by atoms with Crippen molar-refractivity contribution < 1.29 is 23.8 Å². The van der Waals surface area contributed by atoms with Gasteiger partial charge in [0.25, 0.3) is 5.91 Å². The highest BCUT2D eigenvalue weighted by Gasteiger charge is 2.50. The van der Waals surface area contributed by atoms with Gasteiger partial charge in [0.05, 0.1) is 12.2 Å². The number of nitrogens with zero attached hydrogens (tertiary/aromatic N) is 3. The van der Waals surface area contributed by atoms with E-state index in [1.165, 1.54) is 48.3 Å². The molecule has 1 aromatic heterocycles. The molecule has 3 unspecified atom stereocenters. The smallest absolute Gasteiger partial charge is 0.410 e. The molecule has 0 aliphatic carbocycles. The Labute approximate surface area is 193 Å². The normalized spacial score (nSPS) is 24.1. The minimum absolute atomic E-state index is 0.0475. The molecule has 2 aliphatic rings. The zero-order chi connectivity index (χ0) is 23.6. The van der Waals surface area contributed by atoms with Gasteiger partial charge in [0.15, 0.2) is 5.17 Å². The van der Waals surface area contributed by atoms with Gasteiger partial charge in [0.1, 0.15) is 23.1 Å². The number of rotatable bonds is 3. The monoisotopic (exact) mass is 469 g/mol. The van der Waals surface area contributed by atoms with Crippen LogP contribution >= 0.6 is 11.8 Å². The van der Waals surface area contributed by atoms with E-state index < -0.39 is 23.4 Å². The summed E-state index contributed by atoms with van der Waals surface area (Å²) >= 11 is 1.29. The SMILES string of the molecule is CC1SC(NC(=O)O)=NC2(c3cc(NC(=O)c4ccc(C#N)cn4)ccc3F)COCCC12. The van der Waals surface area contributed by atoms with Crippen LogP contribution < -0.4 is 10.6 Å². The topological polar surface area (TPSA) is 137 Å². The van der Waals surface area contributed by atoms with Gasteiger partial charge in [-0.05, 0) is 36.8 Å². The van der Waals surface area contributed by atoms with E-state index in [1.54, 1.807) is 0 Å². The highest BCUT2D eigenvalue weighted by Crippen LogP contribution is 2.49. The molecule has 1 fully saturated rings. The van der Waals surface area contributed by atoms with Gasteiger partial charge in [-0.25, -0.2) is 19.2 Å². The van der Waals surface area contributed by atoms with Crippen molar-refractivity contribution in [2.24, 2.45) is 10.9 Å². The van der Waals surface area contributed by atoms with Crippen LogP contribution in [-0.4, -0.2) is 45.7 Å². The Morgan fingerprint density at radius 3 is 2.85 bits per heavy atom. The summed E-state index contributed by atoms with van der Waals surface area (Å²) in [5.74, 6) is -1.15. The molecule has 1 saturated heterocycles. The minimum Gasteiger partial charge on any atom is -0.465 e. The second-order valence-corrected chi connectivity index (χ2v) is 9.10. The summed E-state index contributed by atoms with van der Waals surface area (Å²) in [6, 6.07) is 9.01. The van der Waals surface area contributed by atoms with Crippen molar-refractivity contribution in [2.75, 3.05) is 18.5 Å². The summed E-state index contributed by atoms with van der Waals surface area (Å²) in [7, 11) is 0. The molecule has 0 saturated carbocycles. The third kappa shape index (κ3) is 4.53. The van der Waals surface area contributed by atoms with E-state index in [1.807, 2.05) is 13.0 Å². The lowest BCUT2D eigenvalue weighted by Crippen LogP contribution is -2.51. The number of pyridine rings is 1. The van der Waals surface area contributed by atoms with E-state index in [-0.39, 0.29) is 34.2 Å². The zero-order valence-electron chi connectivity index (χ0n) is 17.5. The van der Waals surface area contributed by atoms with Crippen LogP contribution in [0.4, 0.5) is 14.9 Å². The number of aliphatic imine (C=N–C) groups is 1. The van der Waals surface area contributed by atoms with Crippen molar-refractivity contribution in [2.45, 2.75) is 24.1 Å². The highest BCUT2D eigenvalue weighted by molar-refractivity contribution is 8.14. The maximum Gasteiger partial charge on any atom is 0.410 e. The van der Waals surface area contributed by atoms with Crippen LogP contribution in [0.5, 0.6) is 0 Å². The van der Waals surface area contributed by atoms with Gasteiger partial charge in [-0.15, -0.1) is 0 Å². The maximum absolute atomic E-state index is 15.2. The number of nitrogens with one attached hydrogen (secondary N) is 2. The van der Waals surface area contributed by atoms with Crippen LogP contribution in [0.3, 0.4) is 0 Å². The molecule has 2 aliphatic heterocycles. The molecule has 0 radical (unpaired) electrons. The molecule has 3 N–H and O–H groups in total. The fraction of sp³-hybridized carbons (Fsp3) is 0.318. The molecule has 1 aromatic carbocycles. The van der Waals surface area contributed by atoms with Gasteiger partial charge in [-0.1, -0.05) is 18.7 Å². The van der Waals surface area contributed by atoms with Gasteiger partial charge in [0, 0.05) is 35.2 Å². The van der Waals surface area contributed by atoms with Crippen molar-refractivity contribution in [1.82, 2.24) is 10.3 Å². The van der Waals surface area contributed by atoms with Crippen LogP contribution in [0.15, 0.2) is 41.5 Å². The highest BCUT2D eigenvalue weighted by atomic mass is 32.2. The molecule has 33 heavy (non-hydrogen) atoms. The van der Waals surface area contributed by atoms with Crippen molar-refractivity contribution >= 4 is 34.6 Å². The van der Waals surface area contributed by atoms with Gasteiger partial charge in [-0.2, -0.15) is 5.26 Å². The predicted molar refractivity (Wildman–Crippen MR) is 120 cm³/mol. The molecule has 2 amide bonds. The third-order valence-electron chi connectivity index (χ3n) is 5.70. The first kappa shape index (κ1) is 22.7. The average Bonchev–Trinajstić information content (AvgIpc) is 2.79. The molecular weight excluding hydrogens is 449 g/mol. The number of aromatic nitrogens is 1. The Morgan fingerprint density at radius 2 is 2.15 bits per heavy atom. The summed E-state index contributed by atoms with van der Waals surface area (Å²) in [5, 5.41) is 23.1. The van der Waals surface area contributed by atoms with E-state index >= 15 is 4.39 Å². The molecule has 2 aromatic rings. The molecule has 0 bridgehead atoms. The molecular formula is C22H20FN5O4S. The number of carbonyl (C=O) groups is 2. The van der Waals surface area contributed by atoms with Crippen LogP contribution in [0.25, 0.3) is 0 Å². The number of thioether (sulfide) groups is 1. The summed E-state index contributed by atoms with van der Waals surface area (Å²) in [6.07, 6.45) is 0.666. The molecule has 170 valence electrons. The second kappa shape index (κ2) is 9.17. The van der Waals surface area contributed by atoms with E-state index in [9.17, 15) is 9.59 Å². The number of carbonyl (C=O) groups excluding carboxylic acids is 1. The first-order valence-corrected chi connectivity index (χ1v) is 11.0. The van der Waals surface area contributed by atoms with E-state index in [0.717, 1.165) is 0 Å². The first-order chi connectivity index (χ1) is 15.8. The van der Waals surface area contributed by atoms with Gasteiger partial charge in [-0.3, -0.25) is 10.1 Å². The number of benzene rings is 1. The standard InChI is InChI=1S/C22H20FN5O4S/c1-12-15-6-7-32-11-22(15,28-20(33-12)27-21(30)31)16-8-14(3-4-17(16)23)26-19(29)18-5-2-13(9-24)10-25-18/h2-5,8,10,12,15H,6-7,11H2,1H3,(H,26,29)(H,27,28)(H,30,31). The van der Waals surface area contributed by atoms with Crippen LogP contribution in [0.2, 0.25) is 0 Å². The summed E-state index contributed by atoms with van der Waals surface area (Å²) < 4.78 is 20.8. The van der Waals surface area contributed by atoms with Crippen LogP contribution in [-0.2, 0) is 10.3 Å². The Kier molecular flexibility index (Phi) is 6.31. The van der Waals surface area contributed by atoms with Crippen molar-refractivity contribution in [3.63, 3.8) is 0 Å². The third-order valence-corrected chi connectivity index (χ3v) is 6.82. The first-order valence-electron chi connectivity index (χ1n) is 10.1. The molecule has 4 rings (SSSR count). The number of amidine groups is 1. The number of hydrogen-bond acceptors (Lipinski definition) is 7. The summed E-state index contributed by atoms with van der Waals surface area (Å²) in [4.78, 5) is 32.4. The minimum atomic E-state index is -1.25. The summed E-state index contributed by atoms with van der Waals surface area (Å²) in [5.41, 5.74) is -0.167. The Hall–Kier alpha value is -3.49. The number of carboxylic acid groups (broad SMARTS) is 1. The quantitative estimate of drug-likeness (QED) is 0.627. The van der Waals surface area contributed by atoms with E-state index in [0.29, 0.717) is 24.3 Å². The van der Waals surface area contributed by atoms with Crippen molar-refractivity contribution in [3.05, 3.63) is 59.2 Å². The number of ether oxygens (including phenoxy) is 1.